The SMILES string of the molecule is O=C(/C=C/c1cccs1)N1CCC([C@@H](Cc2ccccc2)N(C(=O)c2ccccn2)C2CC2)CC1. The highest BCUT2D eigenvalue weighted by molar-refractivity contribution is 7.10. The van der Waals surface area contributed by atoms with Crippen molar-refractivity contribution in [2.45, 2.75) is 44.2 Å². The maximum atomic E-state index is 13.7. The number of carbonyl (C=O) groups is 2. The molecule has 2 fully saturated rings. The van der Waals surface area contributed by atoms with Gasteiger partial charge < -0.3 is 9.80 Å². The van der Waals surface area contributed by atoms with Gasteiger partial charge >= 0.3 is 0 Å². The second kappa shape index (κ2) is 11.0. The topological polar surface area (TPSA) is 53.5 Å². The summed E-state index contributed by atoms with van der Waals surface area (Å²) in [6.45, 7) is 1.44. The van der Waals surface area contributed by atoms with Crippen LogP contribution in [0.3, 0.4) is 0 Å². The number of rotatable bonds is 8. The van der Waals surface area contributed by atoms with Gasteiger partial charge in [-0.3, -0.25) is 14.6 Å². The monoisotopic (exact) mass is 485 g/mol. The van der Waals surface area contributed by atoms with Crippen LogP contribution in [0, 0.1) is 5.92 Å². The van der Waals surface area contributed by atoms with Crippen LogP contribution >= 0.6 is 11.3 Å². The minimum absolute atomic E-state index is 0.0337. The third kappa shape index (κ3) is 5.88. The lowest BCUT2D eigenvalue weighted by Crippen LogP contribution is -2.51. The molecule has 0 bridgehead atoms. The molecule has 5 nitrogen and oxygen atoms in total. The fourth-order valence-electron chi connectivity index (χ4n) is 5.06. The van der Waals surface area contributed by atoms with Gasteiger partial charge in [0.25, 0.3) is 5.91 Å². The van der Waals surface area contributed by atoms with Crippen LogP contribution in [0.1, 0.15) is 46.6 Å². The van der Waals surface area contributed by atoms with Gasteiger partial charge in [0, 0.05) is 42.3 Å². The second-order valence-corrected chi connectivity index (χ2v) is 10.4. The third-order valence-electron chi connectivity index (χ3n) is 7.03. The Morgan fingerprint density at radius 1 is 1.00 bits per heavy atom. The van der Waals surface area contributed by atoms with E-state index in [1.165, 1.54) is 5.56 Å². The molecule has 3 aromatic rings. The van der Waals surface area contributed by atoms with Crippen molar-refractivity contribution in [1.29, 1.82) is 0 Å². The number of likely N-dealkylation sites (tertiary alicyclic amines) is 1. The normalized spacial score (nSPS) is 17.4. The fraction of sp³-hybridized carbons (Fsp3) is 0.345. The summed E-state index contributed by atoms with van der Waals surface area (Å²) in [6, 6.07) is 20.4. The first-order valence-electron chi connectivity index (χ1n) is 12.5. The smallest absolute Gasteiger partial charge is 0.272 e. The van der Waals surface area contributed by atoms with E-state index in [2.05, 4.69) is 34.1 Å². The Balaban J connectivity index is 1.33. The Kier molecular flexibility index (Phi) is 7.38. The average Bonchev–Trinajstić information content (AvgIpc) is 3.61. The van der Waals surface area contributed by atoms with Gasteiger partial charge in [0.1, 0.15) is 5.69 Å². The van der Waals surface area contributed by atoms with Crippen molar-refractivity contribution in [1.82, 2.24) is 14.8 Å². The number of hydrogen-bond acceptors (Lipinski definition) is 4. The van der Waals surface area contributed by atoms with Crippen LogP contribution in [0.2, 0.25) is 0 Å². The molecule has 0 unspecified atom stereocenters. The van der Waals surface area contributed by atoms with Crippen LogP contribution in [0.4, 0.5) is 0 Å². The largest absolute Gasteiger partial charge is 0.339 e. The third-order valence-corrected chi connectivity index (χ3v) is 7.87. The van der Waals surface area contributed by atoms with Gasteiger partial charge in [0.15, 0.2) is 0 Å². The van der Waals surface area contributed by atoms with Crippen molar-refractivity contribution in [3.05, 3.63) is 94.5 Å². The minimum Gasteiger partial charge on any atom is -0.339 e. The summed E-state index contributed by atoms with van der Waals surface area (Å²) in [5, 5.41) is 2.01. The standard InChI is InChI=1S/C29H31N3O2S/c33-28(14-13-25-9-6-20-35-25)31-18-15-23(16-19-31)27(21-22-7-2-1-3-8-22)32(24-11-12-24)29(34)26-10-4-5-17-30-26/h1-10,13-14,17,20,23-24,27H,11-12,15-16,18-19,21H2/b14-13+/t27-/m1/s1. The zero-order chi connectivity index (χ0) is 24.0. The first-order valence-corrected chi connectivity index (χ1v) is 13.3. The van der Waals surface area contributed by atoms with E-state index in [-0.39, 0.29) is 23.9 Å². The lowest BCUT2D eigenvalue weighted by atomic mass is 9.84. The molecule has 6 heteroatoms. The van der Waals surface area contributed by atoms with Crippen LogP contribution in [0.25, 0.3) is 6.08 Å². The van der Waals surface area contributed by atoms with Gasteiger partial charge in [-0.05, 0) is 73.2 Å². The van der Waals surface area contributed by atoms with E-state index in [4.69, 9.17) is 0 Å². The van der Waals surface area contributed by atoms with Crippen LogP contribution < -0.4 is 0 Å². The highest BCUT2D eigenvalue weighted by Crippen LogP contribution is 2.36. The van der Waals surface area contributed by atoms with Crippen LogP contribution in [0.15, 0.2) is 78.3 Å². The molecule has 35 heavy (non-hydrogen) atoms. The van der Waals surface area contributed by atoms with E-state index in [9.17, 15) is 9.59 Å². The molecule has 2 aliphatic rings. The summed E-state index contributed by atoms with van der Waals surface area (Å²) in [7, 11) is 0. The number of aromatic nitrogens is 1. The molecule has 1 saturated carbocycles. The maximum Gasteiger partial charge on any atom is 0.272 e. The molecule has 1 atom stereocenters. The second-order valence-electron chi connectivity index (χ2n) is 9.43. The fourth-order valence-corrected chi connectivity index (χ4v) is 5.68. The number of pyridine rings is 1. The summed E-state index contributed by atoms with van der Waals surface area (Å²) in [5.74, 6) is 0.445. The van der Waals surface area contributed by atoms with Gasteiger partial charge in [0.05, 0.1) is 0 Å². The summed E-state index contributed by atoms with van der Waals surface area (Å²) >= 11 is 1.63. The van der Waals surface area contributed by atoms with Crippen molar-refractivity contribution in [2.75, 3.05) is 13.1 Å². The predicted molar refractivity (Wildman–Crippen MR) is 140 cm³/mol. The van der Waals surface area contributed by atoms with Gasteiger partial charge in [-0.25, -0.2) is 0 Å². The van der Waals surface area contributed by atoms with E-state index in [1.54, 1.807) is 23.6 Å². The van der Waals surface area contributed by atoms with Crippen LogP contribution in [-0.4, -0.2) is 51.8 Å². The van der Waals surface area contributed by atoms with Crippen molar-refractivity contribution < 1.29 is 9.59 Å². The number of benzene rings is 1. The highest BCUT2D eigenvalue weighted by atomic mass is 32.1. The van der Waals surface area contributed by atoms with Crippen molar-refractivity contribution in [2.24, 2.45) is 5.92 Å². The van der Waals surface area contributed by atoms with E-state index < -0.39 is 0 Å². The lowest BCUT2D eigenvalue weighted by molar-refractivity contribution is -0.127. The Morgan fingerprint density at radius 3 is 2.43 bits per heavy atom. The first-order chi connectivity index (χ1) is 17.2. The Labute approximate surface area is 211 Å². The number of hydrogen-bond donors (Lipinski definition) is 0. The molecule has 5 rings (SSSR count). The summed E-state index contributed by atoms with van der Waals surface area (Å²) in [5.41, 5.74) is 1.76. The summed E-state index contributed by atoms with van der Waals surface area (Å²) in [4.78, 5) is 36.0. The Bertz CT molecular complexity index is 1140. The van der Waals surface area contributed by atoms with Gasteiger partial charge in [-0.15, -0.1) is 11.3 Å². The maximum absolute atomic E-state index is 13.7. The Hall–Kier alpha value is -3.25. The Morgan fingerprint density at radius 2 is 1.77 bits per heavy atom. The van der Waals surface area contributed by atoms with E-state index >= 15 is 0 Å². The van der Waals surface area contributed by atoms with Crippen molar-refractivity contribution in [3.8, 4) is 0 Å². The number of carbonyl (C=O) groups excluding carboxylic acids is 2. The molecular weight excluding hydrogens is 454 g/mol. The molecule has 180 valence electrons. The minimum atomic E-state index is 0.0337. The quantitative estimate of drug-likeness (QED) is 0.406. The zero-order valence-electron chi connectivity index (χ0n) is 19.8. The molecule has 2 aromatic heterocycles. The number of piperidine rings is 1. The zero-order valence-corrected chi connectivity index (χ0v) is 20.6. The summed E-state index contributed by atoms with van der Waals surface area (Å²) in [6.07, 6.45) is 10.0. The first kappa shape index (κ1) is 23.5. The predicted octanol–water partition coefficient (Wildman–Crippen LogP) is 5.31. The van der Waals surface area contributed by atoms with Gasteiger partial charge in [-0.1, -0.05) is 42.5 Å². The molecule has 1 aromatic carbocycles. The number of amides is 2. The molecule has 0 radical (unpaired) electrons. The molecule has 0 spiro atoms. The van der Waals surface area contributed by atoms with E-state index in [1.807, 2.05) is 52.8 Å². The van der Waals surface area contributed by atoms with E-state index in [0.717, 1.165) is 50.1 Å². The van der Waals surface area contributed by atoms with Crippen molar-refractivity contribution >= 4 is 29.2 Å². The highest BCUT2D eigenvalue weighted by Gasteiger charge is 2.42. The lowest BCUT2D eigenvalue weighted by Gasteiger charge is -2.41. The molecule has 3 heterocycles. The molecule has 1 aliphatic carbocycles. The summed E-state index contributed by atoms with van der Waals surface area (Å²) < 4.78 is 0. The average molecular weight is 486 g/mol. The number of thiophene rings is 1. The molecule has 0 N–H and O–H groups in total. The van der Waals surface area contributed by atoms with Crippen LogP contribution in [-0.2, 0) is 11.2 Å². The molecule has 2 amide bonds. The van der Waals surface area contributed by atoms with Crippen molar-refractivity contribution in [3.63, 3.8) is 0 Å². The van der Waals surface area contributed by atoms with Gasteiger partial charge in [0.2, 0.25) is 5.91 Å². The molecule has 1 aliphatic heterocycles. The molecular formula is C29H31N3O2S. The number of nitrogens with zero attached hydrogens (tertiary/aromatic N) is 3. The van der Waals surface area contributed by atoms with E-state index in [0.29, 0.717) is 11.6 Å². The van der Waals surface area contributed by atoms with Crippen LogP contribution in [0.5, 0.6) is 0 Å². The van der Waals surface area contributed by atoms with Gasteiger partial charge in [-0.2, -0.15) is 0 Å². The molecule has 1 saturated heterocycles.